The van der Waals surface area contributed by atoms with Crippen LogP contribution in [0.25, 0.3) is 11.0 Å². The van der Waals surface area contributed by atoms with Gasteiger partial charge in [-0.1, -0.05) is 37.3 Å². The van der Waals surface area contributed by atoms with Gasteiger partial charge < -0.3 is 9.55 Å². The van der Waals surface area contributed by atoms with Crippen molar-refractivity contribution in [2.24, 2.45) is 5.92 Å². The number of hydrogen-bond acceptors (Lipinski definition) is 1. The molecule has 1 fully saturated rings. The van der Waals surface area contributed by atoms with Crippen LogP contribution in [-0.4, -0.2) is 9.55 Å². The number of aryl methyl sites for hydroxylation is 1. The average Bonchev–Trinajstić information content (AvgIpc) is 2.94. The molecule has 0 aliphatic heterocycles. The topological polar surface area (TPSA) is 20.7 Å². The zero-order chi connectivity index (χ0) is 12.5. The molecular formula is C14H17ClN2S. The van der Waals surface area contributed by atoms with Crippen molar-refractivity contribution in [2.75, 3.05) is 0 Å². The second-order valence-corrected chi connectivity index (χ2v) is 6.01. The van der Waals surface area contributed by atoms with E-state index in [4.69, 9.17) is 23.8 Å². The maximum Gasteiger partial charge on any atom is 0.178 e. The Morgan fingerprint density at radius 1 is 1.33 bits per heavy atom. The highest BCUT2D eigenvalue weighted by atomic mass is 35.5. The molecule has 1 aromatic heterocycles. The van der Waals surface area contributed by atoms with Crippen molar-refractivity contribution in [1.82, 2.24) is 9.55 Å². The van der Waals surface area contributed by atoms with Gasteiger partial charge in [-0.2, -0.15) is 0 Å². The number of nitrogens with zero attached hydrogens (tertiary/aromatic N) is 1. The number of benzene rings is 1. The Morgan fingerprint density at radius 3 is 2.89 bits per heavy atom. The van der Waals surface area contributed by atoms with Gasteiger partial charge in [0.1, 0.15) is 0 Å². The number of fused-ring (bicyclic) bond motifs is 1. The summed E-state index contributed by atoms with van der Waals surface area (Å²) in [4.78, 5) is 3.25. The summed E-state index contributed by atoms with van der Waals surface area (Å²) in [6.45, 7) is 1.00. The highest BCUT2D eigenvalue weighted by molar-refractivity contribution is 7.71. The van der Waals surface area contributed by atoms with E-state index in [0.717, 1.165) is 33.3 Å². The van der Waals surface area contributed by atoms with E-state index in [1.165, 1.54) is 32.1 Å². The van der Waals surface area contributed by atoms with Crippen molar-refractivity contribution in [1.29, 1.82) is 0 Å². The standard InChI is InChI=1S/C14H17ClN2S/c15-11-5-6-12-13(9-11)17(14(18)16-12)8-7-10-3-1-2-4-10/h5-6,9-10H,1-4,7-8H2,(H,16,18). The number of imidazole rings is 1. The lowest BCUT2D eigenvalue weighted by molar-refractivity contribution is 0.461. The molecule has 0 saturated heterocycles. The SMILES string of the molecule is S=c1[nH]c2ccc(Cl)cc2n1CCC1CCCC1. The summed E-state index contributed by atoms with van der Waals surface area (Å²) in [5.74, 6) is 0.885. The Kier molecular flexibility index (Phi) is 3.44. The molecule has 1 aliphatic rings. The van der Waals surface area contributed by atoms with Gasteiger partial charge in [0.05, 0.1) is 11.0 Å². The highest BCUT2D eigenvalue weighted by Crippen LogP contribution is 2.28. The number of aromatic nitrogens is 2. The number of hydrogen-bond donors (Lipinski definition) is 1. The van der Waals surface area contributed by atoms with Crippen LogP contribution in [0.2, 0.25) is 5.02 Å². The van der Waals surface area contributed by atoms with E-state index in [1.54, 1.807) is 0 Å². The zero-order valence-corrected chi connectivity index (χ0v) is 11.9. The molecule has 0 atom stereocenters. The van der Waals surface area contributed by atoms with Crippen molar-refractivity contribution >= 4 is 34.9 Å². The Labute approximate surface area is 117 Å². The molecule has 3 rings (SSSR count). The van der Waals surface area contributed by atoms with Crippen LogP contribution in [0.1, 0.15) is 32.1 Å². The van der Waals surface area contributed by atoms with Crippen LogP contribution in [0, 0.1) is 10.7 Å². The molecule has 0 radical (unpaired) electrons. The summed E-state index contributed by atoms with van der Waals surface area (Å²) in [7, 11) is 0. The monoisotopic (exact) mass is 280 g/mol. The van der Waals surface area contributed by atoms with Gasteiger partial charge in [-0.25, -0.2) is 0 Å². The van der Waals surface area contributed by atoms with Crippen LogP contribution in [0.15, 0.2) is 18.2 Å². The molecule has 1 saturated carbocycles. The predicted octanol–water partition coefficient (Wildman–Crippen LogP) is 4.93. The van der Waals surface area contributed by atoms with E-state index in [2.05, 4.69) is 9.55 Å². The first-order valence-corrected chi connectivity index (χ1v) is 7.41. The molecule has 96 valence electrons. The van der Waals surface area contributed by atoms with Gasteiger partial charge in [-0.15, -0.1) is 0 Å². The van der Waals surface area contributed by atoms with Gasteiger partial charge in [-0.05, 0) is 42.8 Å². The van der Waals surface area contributed by atoms with Crippen LogP contribution < -0.4 is 0 Å². The van der Waals surface area contributed by atoms with Crippen LogP contribution in [0.4, 0.5) is 0 Å². The van der Waals surface area contributed by atoms with Gasteiger partial charge in [0.15, 0.2) is 4.77 Å². The van der Waals surface area contributed by atoms with E-state index >= 15 is 0 Å². The fourth-order valence-electron chi connectivity index (χ4n) is 2.96. The fourth-order valence-corrected chi connectivity index (χ4v) is 3.42. The lowest BCUT2D eigenvalue weighted by atomic mass is 10.0. The maximum atomic E-state index is 6.07. The van der Waals surface area contributed by atoms with Crippen LogP contribution in [0.3, 0.4) is 0 Å². The molecule has 18 heavy (non-hydrogen) atoms. The van der Waals surface area contributed by atoms with Gasteiger partial charge >= 0.3 is 0 Å². The van der Waals surface area contributed by atoms with E-state index in [1.807, 2.05) is 18.2 Å². The van der Waals surface area contributed by atoms with Gasteiger partial charge in [-0.3, -0.25) is 0 Å². The van der Waals surface area contributed by atoms with Crippen LogP contribution in [-0.2, 0) is 6.54 Å². The Morgan fingerprint density at radius 2 is 2.11 bits per heavy atom. The van der Waals surface area contributed by atoms with Gasteiger partial charge in [0, 0.05) is 11.6 Å². The molecule has 1 N–H and O–H groups in total. The average molecular weight is 281 g/mol. The molecular weight excluding hydrogens is 264 g/mol. The van der Waals surface area contributed by atoms with Crippen molar-refractivity contribution < 1.29 is 0 Å². The van der Waals surface area contributed by atoms with E-state index in [9.17, 15) is 0 Å². The van der Waals surface area contributed by atoms with Crippen molar-refractivity contribution in [3.05, 3.63) is 28.0 Å². The van der Waals surface area contributed by atoms with E-state index < -0.39 is 0 Å². The van der Waals surface area contributed by atoms with E-state index in [0.29, 0.717) is 0 Å². The molecule has 1 heterocycles. The molecule has 2 aromatic rings. The third-order valence-electron chi connectivity index (χ3n) is 3.97. The third kappa shape index (κ3) is 2.34. The minimum Gasteiger partial charge on any atom is -0.331 e. The summed E-state index contributed by atoms with van der Waals surface area (Å²) in [5.41, 5.74) is 2.21. The first kappa shape index (κ1) is 12.2. The largest absolute Gasteiger partial charge is 0.331 e. The van der Waals surface area contributed by atoms with Crippen molar-refractivity contribution in [3.8, 4) is 0 Å². The molecule has 0 unspecified atom stereocenters. The Bertz CT molecular complexity index is 608. The molecule has 0 amide bonds. The fraction of sp³-hybridized carbons (Fsp3) is 0.500. The van der Waals surface area contributed by atoms with Crippen LogP contribution in [0.5, 0.6) is 0 Å². The van der Waals surface area contributed by atoms with E-state index in [-0.39, 0.29) is 0 Å². The molecule has 2 nitrogen and oxygen atoms in total. The predicted molar refractivity (Wildman–Crippen MR) is 78.7 cm³/mol. The number of halogens is 1. The smallest absolute Gasteiger partial charge is 0.178 e. The first-order valence-electron chi connectivity index (χ1n) is 6.62. The first-order chi connectivity index (χ1) is 8.74. The summed E-state index contributed by atoms with van der Waals surface area (Å²) in [6.07, 6.45) is 6.80. The summed E-state index contributed by atoms with van der Waals surface area (Å²) >= 11 is 11.5. The van der Waals surface area contributed by atoms with Crippen LogP contribution >= 0.6 is 23.8 Å². The van der Waals surface area contributed by atoms with Gasteiger partial charge in [0.25, 0.3) is 0 Å². The minimum atomic E-state index is 0.770. The molecule has 0 bridgehead atoms. The summed E-state index contributed by atoms with van der Waals surface area (Å²) in [5, 5.41) is 0.770. The number of nitrogens with one attached hydrogen (secondary N) is 1. The quantitative estimate of drug-likeness (QED) is 0.791. The number of rotatable bonds is 3. The Balaban J connectivity index is 1.87. The molecule has 0 spiro atoms. The minimum absolute atomic E-state index is 0.770. The second-order valence-electron chi connectivity index (χ2n) is 5.18. The Hall–Kier alpha value is -0.800. The summed E-state index contributed by atoms with van der Waals surface area (Å²) in [6, 6.07) is 5.90. The summed E-state index contributed by atoms with van der Waals surface area (Å²) < 4.78 is 3.00. The highest BCUT2D eigenvalue weighted by Gasteiger charge is 2.15. The maximum absolute atomic E-state index is 6.07. The third-order valence-corrected chi connectivity index (χ3v) is 4.53. The van der Waals surface area contributed by atoms with Crippen molar-refractivity contribution in [3.63, 3.8) is 0 Å². The second kappa shape index (κ2) is 5.06. The number of aromatic amines is 1. The normalized spacial score (nSPS) is 16.7. The molecule has 1 aromatic carbocycles. The number of H-pyrrole nitrogens is 1. The van der Waals surface area contributed by atoms with Gasteiger partial charge in [0.2, 0.25) is 0 Å². The lowest BCUT2D eigenvalue weighted by Crippen LogP contribution is -2.03. The molecule has 4 heteroatoms. The molecule has 1 aliphatic carbocycles. The van der Waals surface area contributed by atoms with Crippen molar-refractivity contribution in [2.45, 2.75) is 38.6 Å². The lowest BCUT2D eigenvalue weighted by Gasteiger charge is -2.10. The zero-order valence-electron chi connectivity index (χ0n) is 10.3.